The number of imide groups is 1. The lowest BCUT2D eigenvalue weighted by Crippen LogP contribution is -2.37. The predicted molar refractivity (Wildman–Crippen MR) is 458 cm³/mol. The molecule has 8 aliphatic heterocycles. The van der Waals surface area contributed by atoms with Crippen LogP contribution in [0.1, 0.15) is 165 Å². The first kappa shape index (κ1) is 86.7. The average Bonchev–Trinajstić information content (AvgIpc) is 1.63. The van der Waals surface area contributed by atoms with Gasteiger partial charge in [-0.05, 0) is 205 Å². The van der Waals surface area contributed by atoms with Gasteiger partial charge in [0.05, 0.1) is 89.9 Å². The Morgan fingerprint density at radius 3 is 1.29 bits per heavy atom. The van der Waals surface area contributed by atoms with E-state index in [9.17, 15) is 43.7 Å². The van der Waals surface area contributed by atoms with E-state index < -0.39 is 16.7 Å². The number of nitrogens with one attached hydrogen (secondary N) is 3. The van der Waals surface area contributed by atoms with Crippen molar-refractivity contribution in [1.82, 2.24) is 74.1 Å². The molecule has 0 saturated carbocycles. The molecule has 9 N–H and O–H groups in total. The highest BCUT2D eigenvalue weighted by Crippen LogP contribution is 2.39. The number of hydrogen-bond donors (Lipinski definition) is 6. The van der Waals surface area contributed by atoms with Gasteiger partial charge < -0.3 is 75.9 Å². The number of nitrogens with zero attached hydrogens (tertiary/aromatic N) is 13. The molecule has 626 valence electrons. The number of methoxy groups -OCH3 is 2. The molecule has 0 aliphatic carbocycles. The number of rotatable bonds is 22. The average molecular weight is 1670 g/mol. The molecule has 4 saturated heterocycles. The van der Waals surface area contributed by atoms with Gasteiger partial charge in [-0.25, -0.2) is 19.9 Å². The fraction of sp³-hybridized carbons (Fsp3) is 0.447. The number of nitrogen functional groups attached to an aromatic ring is 3. The third kappa shape index (κ3) is 19.7. The number of aromatic nitrogens is 7. The Balaban J connectivity index is 0.000000139. The van der Waals surface area contributed by atoms with Gasteiger partial charge in [-0.2, -0.15) is 0 Å². The summed E-state index contributed by atoms with van der Waals surface area (Å²) in [5.74, 6) is 2.48. The Labute approximate surface area is 700 Å². The van der Waals surface area contributed by atoms with Gasteiger partial charge in [0.15, 0.2) is 6.29 Å². The second kappa shape index (κ2) is 38.4. The molecule has 30 nitrogen and oxygen atoms in total. The Hall–Kier alpha value is -10.6. The van der Waals surface area contributed by atoms with Crippen molar-refractivity contribution in [2.75, 3.05) is 136 Å². The summed E-state index contributed by atoms with van der Waals surface area (Å²) < 4.78 is 10.1. The number of carbonyl (C=O) groups excluding carboxylic acids is 6. The Morgan fingerprint density at radius 2 is 0.864 bits per heavy atom. The van der Waals surface area contributed by atoms with Crippen LogP contribution in [0.15, 0.2) is 90.1 Å². The molecule has 118 heavy (non-hydrogen) atoms. The zero-order valence-corrected chi connectivity index (χ0v) is 69.0. The molecule has 0 spiro atoms. The van der Waals surface area contributed by atoms with Gasteiger partial charge in [0, 0.05) is 113 Å². The van der Waals surface area contributed by atoms with Crippen LogP contribution < -0.4 is 32.2 Å². The molecule has 33 heteroatoms. The fourth-order valence-electron chi connectivity index (χ4n) is 17.0. The number of ether oxygens (including phenoxy) is 2. The van der Waals surface area contributed by atoms with Crippen LogP contribution in [0.25, 0.3) is 44.8 Å². The number of nitro benzene ring substituents is 1. The zero-order chi connectivity index (χ0) is 83.0. The number of nitrogens with two attached hydrogens (primary N) is 3. The van der Waals surface area contributed by atoms with E-state index in [-0.39, 0.29) is 70.6 Å². The molecule has 8 aliphatic rings. The number of likely N-dealkylation sites (tertiary alicyclic amines) is 4. The highest BCUT2D eigenvalue weighted by Gasteiger charge is 2.40. The predicted octanol–water partition coefficient (Wildman–Crippen LogP) is 12.5. The Kier molecular flexibility index (Phi) is 28.2. The minimum atomic E-state index is -0.647. The number of pyridine rings is 3. The number of H-pyrrole nitrogens is 3. The molecule has 0 bridgehead atoms. The molecule has 5 aromatic heterocycles. The van der Waals surface area contributed by atoms with Crippen molar-refractivity contribution in [3.05, 3.63) is 171 Å². The summed E-state index contributed by atoms with van der Waals surface area (Å²) in [6.45, 7) is 26.4. The van der Waals surface area contributed by atoms with Gasteiger partial charge in [0.25, 0.3) is 40.8 Å². The number of anilines is 3. The largest absolute Gasteiger partial charge is 0.480 e. The van der Waals surface area contributed by atoms with Gasteiger partial charge in [-0.15, -0.1) is 0 Å². The van der Waals surface area contributed by atoms with Gasteiger partial charge in [0.1, 0.15) is 22.9 Å². The molecular weight excluding hydrogens is 1570 g/mol. The van der Waals surface area contributed by atoms with E-state index in [2.05, 4.69) is 75.3 Å². The number of aldehydes is 1. The Bertz CT molecular complexity index is 5290. The van der Waals surface area contributed by atoms with Crippen LogP contribution in [0.2, 0.25) is 15.1 Å². The third-order valence-electron chi connectivity index (χ3n) is 22.5. The maximum absolute atomic E-state index is 13.1. The topological polar surface area (TPSA) is 384 Å². The number of aromatic amines is 3. The lowest BCUT2D eigenvalue weighted by molar-refractivity contribution is -0.383. The monoisotopic (exact) mass is 1670 g/mol. The zero-order valence-electron chi connectivity index (χ0n) is 66.7. The summed E-state index contributed by atoms with van der Waals surface area (Å²) in [5, 5.41) is 12.2. The van der Waals surface area contributed by atoms with Crippen LogP contribution in [0.5, 0.6) is 11.8 Å². The maximum Gasteiger partial charge on any atom is 0.292 e. The summed E-state index contributed by atoms with van der Waals surface area (Å²) in [7, 11) is 2.99. The standard InChI is InChI=1S/C23H26ClN5O2.C22H24ClN5O2.C16H20N4O4.C16H24N4O.C7H6ClNO2.CH4/c1-14(11-28-7-3-4-8-28)12-29-13-15-9-18-19(10-16(15)23(29)30)27-21(26-18)20-17(24)5-6-25-22(20)31-2;1-13(10-27-6-2-3-7-27)11-28-12-14-8-17-18(9-15(14)22(28)30)26-20(25-17)19-16(23)4-5-24-21(19)29;1-10(8-18-4-2-3-5-18)9-19-15(21)11-6-13(17)14(20(23)24)7-12(11)16(19)22;1-11(8-19-4-2-3-5-19)9-20-10-12-6-14(17)15(18)7-13(12)16(20)21;1-11-7-5(4-10)6(8)2-3-9-7;/h5-6,9-10,14H,3-4,7-8,11-13H2,1-2H3,(H,26,27);4-5,8-9,13H,2-3,6-7,10-12H2,1H3,(H,24,29)(H,25,26);6-7,10H,2-5,8-9,17H2,1H3;6-7,11H,2-5,8-10,17-18H2,1H3;2-4H,1H3;1H4. The van der Waals surface area contributed by atoms with E-state index in [0.717, 1.165) is 109 Å². The minimum absolute atomic E-state index is 0. The first-order valence-corrected chi connectivity index (χ1v) is 41.0. The van der Waals surface area contributed by atoms with Crippen molar-refractivity contribution < 1.29 is 43.2 Å². The molecule has 4 atom stereocenters. The van der Waals surface area contributed by atoms with Gasteiger partial charge >= 0.3 is 0 Å². The molecule has 4 fully saturated rings. The lowest BCUT2D eigenvalue weighted by atomic mass is 10.1. The van der Waals surface area contributed by atoms with Gasteiger partial charge in [-0.3, -0.25) is 48.6 Å². The molecule has 17 rings (SSSR count). The van der Waals surface area contributed by atoms with Crippen LogP contribution in [-0.4, -0.2) is 234 Å². The smallest absolute Gasteiger partial charge is 0.292 e. The molecule has 5 amide bonds. The van der Waals surface area contributed by atoms with Crippen molar-refractivity contribution in [1.29, 1.82) is 0 Å². The van der Waals surface area contributed by atoms with Crippen LogP contribution in [0.3, 0.4) is 0 Å². The first-order valence-electron chi connectivity index (χ1n) is 39.9. The normalized spacial score (nSPS) is 17.4. The molecule has 9 aromatic rings. The summed E-state index contributed by atoms with van der Waals surface area (Å²) in [5.41, 5.74) is 27.2. The van der Waals surface area contributed by atoms with Crippen molar-refractivity contribution >= 4 is 115 Å². The number of hydrogen-bond acceptors (Lipinski definition) is 22. The molecule has 4 aromatic carbocycles. The number of benzene rings is 4. The van der Waals surface area contributed by atoms with Crippen LogP contribution in [0.4, 0.5) is 22.7 Å². The number of fused-ring (bicyclic) bond motifs is 6. The summed E-state index contributed by atoms with van der Waals surface area (Å²) in [6, 6.07) is 18.5. The quantitative estimate of drug-likeness (QED) is 0.0121. The first-order chi connectivity index (χ1) is 56.2. The molecule has 4 unspecified atom stereocenters. The maximum atomic E-state index is 13.1. The van der Waals surface area contributed by atoms with Crippen LogP contribution in [0, 0.1) is 33.8 Å². The lowest BCUT2D eigenvalue weighted by Gasteiger charge is -2.24. The third-order valence-corrected chi connectivity index (χ3v) is 23.5. The number of halogens is 3. The summed E-state index contributed by atoms with van der Waals surface area (Å²) in [6.07, 6.45) is 15.3. The second-order valence-corrected chi connectivity index (χ2v) is 33.1. The van der Waals surface area contributed by atoms with Gasteiger partial charge in [-0.1, -0.05) is 69.9 Å². The summed E-state index contributed by atoms with van der Waals surface area (Å²) >= 11 is 18.2. The van der Waals surface area contributed by atoms with E-state index in [4.69, 9.17) is 61.5 Å². The van der Waals surface area contributed by atoms with Gasteiger partial charge in [0.2, 0.25) is 11.8 Å². The fourth-order valence-corrected chi connectivity index (χ4v) is 17.7. The van der Waals surface area contributed by atoms with Crippen molar-refractivity contribution in [3.63, 3.8) is 0 Å². The SMILES string of the molecule is C.CC(CN1CCCC1)CN1C(=O)c2cc(N)c([N+](=O)[O-])cc2C1=O.CC(CN1CCCC1)CN1Cc2cc(N)c(N)cc2C1=O.CC(CN1CCCC1)CN1Cc2cc3[nH]c(-c4c(Cl)cc[nH]c4=O)nc3cc2C1=O.COc1nccc(Cl)c1-c1nc2cc3c(cc2[nH]1)CN(CC(C)CN1CCCC1)C3=O.COc1nccc(Cl)c1C=O. The van der Waals surface area contributed by atoms with E-state index in [1.54, 1.807) is 31.5 Å². The van der Waals surface area contributed by atoms with E-state index in [1.165, 1.54) is 127 Å². The van der Waals surface area contributed by atoms with E-state index in [0.29, 0.717) is 116 Å². The highest BCUT2D eigenvalue weighted by atomic mass is 35.5. The number of amides is 5. The van der Waals surface area contributed by atoms with Crippen molar-refractivity contribution in [3.8, 4) is 34.5 Å². The number of nitro groups is 1. The number of carbonyl (C=O) groups is 6. The Morgan fingerprint density at radius 1 is 0.483 bits per heavy atom. The van der Waals surface area contributed by atoms with Crippen molar-refractivity contribution in [2.45, 2.75) is 106 Å². The van der Waals surface area contributed by atoms with Crippen molar-refractivity contribution in [2.24, 2.45) is 23.7 Å². The van der Waals surface area contributed by atoms with Crippen LogP contribution >= 0.6 is 34.8 Å². The van der Waals surface area contributed by atoms with E-state index in [1.807, 2.05) is 52.0 Å². The number of imidazole rings is 2. The molecule has 0 radical (unpaired) electrons. The molecule has 13 heterocycles. The van der Waals surface area contributed by atoms with E-state index >= 15 is 0 Å². The van der Waals surface area contributed by atoms with Crippen LogP contribution in [-0.2, 0) is 19.6 Å². The molecular formula is C85H104Cl3N19O11. The minimum Gasteiger partial charge on any atom is -0.480 e. The highest BCUT2D eigenvalue weighted by molar-refractivity contribution is 6.34. The summed E-state index contributed by atoms with van der Waals surface area (Å²) in [4.78, 5) is 140. The second-order valence-electron chi connectivity index (χ2n) is 31.8.